The Morgan fingerprint density at radius 2 is 0.743 bits per heavy atom. The molecule has 3 atom stereocenters. The molecule has 0 saturated carbocycles. The van der Waals surface area contributed by atoms with Crippen molar-refractivity contribution in [3.8, 4) is 0 Å². The van der Waals surface area contributed by atoms with E-state index in [1.165, 1.54) is 57.8 Å². The molecule has 0 aliphatic heterocycles. The molecule has 0 aromatic heterocycles. The van der Waals surface area contributed by atoms with Gasteiger partial charge in [0.25, 0.3) is 0 Å². The Morgan fingerprint density at radius 3 is 1.17 bits per heavy atom. The number of esters is 3. The maximum absolute atomic E-state index is 12.9. The number of aliphatic hydroxyl groups excluding tert-OH is 1. The monoisotopic (exact) mass is 1000 g/mol. The SMILES string of the molecule is CC/C=C\C/C=C\C/C=C\C/C=C\CCCCC(=O)OC(COC(=O)CCCCCCCCCCCCCCC)COP(=O)(O)OCC(CO)OC(=O)CCCCCCC/C=C\C/C=C\C/C=C\CC. The smallest absolute Gasteiger partial charge is 0.462 e. The minimum Gasteiger partial charge on any atom is -0.462 e. The number of unbranched alkanes of at least 4 members (excludes halogenated alkanes) is 19. The summed E-state index contributed by atoms with van der Waals surface area (Å²) in [5.74, 6) is -1.53. The van der Waals surface area contributed by atoms with Crippen molar-refractivity contribution in [3.63, 3.8) is 0 Å². The van der Waals surface area contributed by atoms with Gasteiger partial charge in [-0.05, 0) is 89.9 Å². The van der Waals surface area contributed by atoms with E-state index >= 15 is 0 Å². The molecule has 3 unspecified atom stereocenters. The Balaban J connectivity index is 4.79. The van der Waals surface area contributed by atoms with E-state index in [-0.39, 0.29) is 25.9 Å². The van der Waals surface area contributed by atoms with Gasteiger partial charge in [-0.15, -0.1) is 0 Å². The molecule has 0 aromatic carbocycles. The summed E-state index contributed by atoms with van der Waals surface area (Å²) in [5, 5.41) is 9.79. The number of allylic oxidation sites excluding steroid dienone is 14. The summed E-state index contributed by atoms with van der Waals surface area (Å²) >= 11 is 0. The minimum atomic E-state index is -4.76. The summed E-state index contributed by atoms with van der Waals surface area (Å²) in [4.78, 5) is 48.4. The van der Waals surface area contributed by atoms with Gasteiger partial charge in [-0.1, -0.05) is 202 Å². The first-order valence-electron chi connectivity index (χ1n) is 27.5. The number of hydrogen-bond acceptors (Lipinski definition) is 10. The fraction of sp³-hybridized carbons (Fsp3) is 0.707. The number of ether oxygens (including phenoxy) is 3. The van der Waals surface area contributed by atoms with E-state index in [4.69, 9.17) is 23.3 Å². The first-order chi connectivity index (χ1) is 34.2. The molecule has 12 heteroatoms. The third-order valence-electron chi connectivity index (χ3n) is 11.3. The lowest BCUT2D eigenvalue weighted by molar-refractivity contribution is -0.161. The topological polar surface area (TPSA) is 155 Å². The van der Waals surface area contributed by atoms with Gasteiger partial charge in [0, 0.05) is 19.3 Å². The Morgan fingerprint density at radius 1 is 0.414 bits per heavy atom. The van der Waals surface area contributed by atoms with Crippen LogP contribution in [0.3, 0.4) is 0 Å². The molecule has 0 spiro atoms. The van der Waals surface area contributed by atoms with Crippen LogP contribution < -0.4 is 0 Å². The standard InChI is InChI=1S/C58H99O11P/c1-4-7-10-13-16-19-22-25-27-30-33-36-39-42-45-48-57(61)68-54(50-59)52-66-70(63,64)67-53-55(51-65-56(60)47-44-41-38-35-32-29-24-21-18-15-12-9-6-3)69-58(62)49-46-43-40-37-34-31-28-26-23-20-17-14-11-8-5-2/h7-8,10-11,16-17,19-20,25-28,34,37,54-55,59H,4-6,9,12-15,18,21-24,29-33,35-36,38-53H2,1-3H3,(H,63,64)/b10-7-,11-8-,19-16-,20-17-,27-25-,28-26-,37-34-. The van der Waals surface area contributed by atoms with Gasteiger partial charge in [0.15, 0.2) is 6.10 Å². The van der Waals surface area contributed by atoms with Gasteiger partial charge in [0.2, 0.25) is 0 Å². The summed E-state index contributed by atoms with van der Waals surface area (Å²) in [6.45, 7) is 4.34. The molecule has 0 heterocycles. The normalized spacial score (nSPS) is 14.1. The lowest BCUT2D eigenvalue weighted by Gasteiger charge is -2.21. The van der Waals surface area contributed by atoms with Crippen molar-refractivity contribution in [3.05, 3.63) is 85.1 Å². The highest BCUT2D eigenvalue weighted by molar-refractivity contribution is 7.47. The third-order valence-corrected chi connectivity index (χ3v) is 12.3. The van der Waals surface area contributed by atoms with Crippen LogP contribution in [0.15, 0.2) is 85.1 Å². The molecule has 70 heavy (non-hydrogen) atoms. The van der Waals surface area contributed by atoms with Crippen LogP contribution in [0.5, 0.6) is 0 Å². The summed E-state index contributed by atoms with van der Waals surface area (Å²) in [7, 11) is -4.76. The van der Waals surface area contributed by atoms with Crippen LogP contribution in [0.1, 0.15) is 226 Å². The number of aliphatic hydroxyl groups is 1. The minimum absolute atomic E-state index is 0.113. The van der Waals surface area contributed by atoms with Gasteiger partial charge in [-0.25, -0.2) is 4.57 Å². The number of rotatable bonds is 50. The van der Waals surface area contributed by atoms with Crippen molar-refractivity contribution in [1.29, 1.82) is 0 Å². The van der Waals surface area contributed by atoms with E-state index < -0.39 is 57.8 Å². The highest BCUT2D eigenvalue weighted by atomic mass is 31.2. The van der Waals surface area contributed by atoms with E-state index in [9.17, 15) is 28.9 Å². The average molecular weight is 1000 g/mol. The van der Waals surface area contributed by atoms with Gasteiger partial charge < -0.3 is 24.2 Å². The molecule has 11 nitrogen and oxygen atoms in total. The molecular formula is C58H99O11P. The highest BCUT2D eigenvalue weighted by Crippen LogP contribution is 2.43. The van der Waals surface area contributed by atoms with Crippen LogP contribution in [-0.4, -0.2) is 66.5 Å². The number of carbonyl (C=O) groups is 3. The number of phosphoric ester groups is 1. The average Bonchev–Trinajstić information content (AvgIpc) is 3.35. The number of phosphoric acid groups is 1. The lowest BCUT2D eigenvalue weighted by Crippen LogP contribution is -2.30. The van der Waals surface area contributed by atoms with Gasteiger partial charge in [0.05, 0.1) is 19.8 Å². The second kappa shape index (κ2) is 52.0. The van der Waals surface area contributed by atoms with Gasteiger partial charge in [-0.2, -0.15) is 0 Å². The van der Waals surface area contributed by atoms with Crippen LogP contribution in [0.2, 0.25) is 0 Å². The molecule has 0 rings (SSSR count). The van der Waals surface area contributed by atoms with Gasteiger partial charge in [-0.3, -0.25) is 23.4 Å². The predicted molar refractivity (Wildman–Crippen MR) is 288 cm³/mol. The third kappa shape index (κ3) is 49.6. The molecule has 0 bridgehead atoms. The van der Waals surface area contributed by atoms with Gasteiger partial charge >= 0.3 is 25.7 Å². The second-order valence-corrected chi connectivity index (χ2v) is 19.4. The van der Waals surface area contributed by atoms with E-state index in [0.717, 1.165) is 109 Å². The number of hydrogen-bond donors (Lipinski definition) is 2. The van der Waals surface area contributed by atoms with Crippen LogP contribution in [-0.2, 0) is 42.2 Å². The fourth-order valence-corrected chi connectivity index (χ4v) is 7.97. The first kappa shape index (κ1) is 66.7. The Labute approximate surface area is 426 Å². The fourth-order valence-electron chi connectivity index (χ4n) is 7.18. The van der Waals surface area contributed by atoms with Crippen molar-refractivity contribution < 1.29 is 52.2 Å². The summed E-state index contributed by atoms with van der Waals surface area (Å²) in [6, 6.07) is 0. The molecule has 0 saturated heterocycles. The van der Waals surface area contributed by atoms with E-state index in [0.29, 0.717) is 19.3 Å². The number of carbonyl (C=O) groups excluding carboxylic acids is 3. The zero-order valence-corrected chi connectivity index (χ0v) is 45.1. The van der Waals surface area contributed by atoms with Gasteiger partial charge in [0.1, 0.15) is 12.7 Å². The molecule has 0 radical (unpaired) electrons. The van der Waals surface area contributed by atoms with Crippen molar-refractivity contribution in [2.45, 2.75) is 238 Å². The van der Waals surface area contributed by atoms with Crippen LogP contribution in [0.4, 0.5) is 0 Å². The zero-order valence-electron chi connectivity index (χ0n) is 44.2. The maximum Gasteiger partial charge on any atom is 0.472 e. The Hall–Kier alpha value is -3.34. The quantitative estimate of drug-likeness (QED) is 0.0197. The lowest BCUT2D eigenvalue weighted by atomic mass is 10.0. The zero-order chi connectivity index (χ0) is 51.3. The van der Waals surface area contributed by atoms with E-state index in [2.05, 4.69) is 106 Å². The van der Waals surface area contributed by atoms with Crippen molar-refractivity contribution in [2.75, 3.05) is 26.4 Å². The van der Waals surface area contributed by atoms with E-state index in [1.807, 2.05) is 0 Å². The van der Waals surface area contributed by atoms with Crippen LogP contribution in [0.25, 0.3) is 0 Å². The summed E-state index contributed by atoms with van der Waals surface area (Å²) in [6.07, 6.45) is 58.3. The van der Waals surface area contributed by atoms with Crippen molar-refractivity contribution in [2.24, 2.45) is 0 Å². The molecule has 0 fully saturated rings. The van der Waals surface area contributed by atoms with E-state index in [1.54, 1.807) is 0 Å². The Kier molecular flexibility index (Phi) is 49.5. The molecular weight excluding hydrogens is 904 g/mol. The molecule has 402 valence electrons. The van der Waals surface area contributed by atoms with Crippen molar-refractivity contribution in [1.82, 2.24) is 0 Å². The predicted octanol–water partition coefficient (Wildman–Crippen LogP) is 15.9. The second-order valence-electron chi connectivity index (χ2n) is 18.0. The summed E-state index contributed by atoms with van der Waals surface area (Å²) < 4.78 is 39.4. The molecule has 0 aromatic rings. The molecule has 0 aliphatic carbocycles. The highest BCUT2D eigenvalue weighted by Gasteiger charge is 2.28. The Bertz CT molecular complexity index is 1500. The largest absolute Gasteiger partial charge is 0.472 e. The summed E-state index contributed by atoms with van der Waals surface area (Å²) in [5.41, 5.74) is 0. The molecule has 0 amide bonds. The van der Waals surface area contributed by atoms with Crippen LogP contribution in [0, 0.1) is 0 Å². The molecule has 0 aliphatic rings. The maximum atomic E-state index is 12.9. The first-order valence-corrected chi connectivity index (χ1v) is 29.0. The molecule has 2 N–H and O–H groups in total. The van der Waals surface area contributed by atoms with Crippen LogP contribution >= 0.6 is 7.82 Å². The van der Waals surface area contributed by atoms with Crippen molar-refractivity contribution >= 4 is 25.7 Å².